The zero-order valence-corrected chi connectivity index (χ0v) is 14.3. The average Bonchev–Trinajstić information content (AvgIpc) is 3.22. The van der Waals surface area contributed by atoms with Crippen molar-refractivity contribution in [2.24, 2.45) is 5.92 Å². The molecule has 24 heavy (non-hydrogen) atoms. The Labute approximate surface area is 144 Å². The average molecular weight is 351 g/mol. The quantitative estimate of drug-likeness (QED) is 0.724. The van der Waals surface area contributed by atoms with E-state index < -0.39 is 6.03 Å². The predicted octanol–water partition coefficient (Wildman–Crippen LogP) is 0.416. The van der Waals surface area contributed by atoms with Gasteiger partial charge in [0.1, 0.15) is 13.1 Å². The lowest BCUT2D eigenvalue weighted by Gasteiger charge is -2.20. The summed E-state index contributed by atoms with van der Waals surface area (Å²) in [6, 6.07) is -0.473. The van der Waals surface area contributed by atoms with Crippen LogP contribution in [0.2, 0.25) is 0 Å². The third-order valence-electron chi connectivity index (χ3n) is 4.34. The molecular formula is C15H21N5O3S. The van der Waals surface area contributed by atoms with E-state index >= 15 is 0 Å². The highest BCUT2D eigenvalue weighted by Crippen LogP contribution is 2.28. The van der Waals surface area contributed by atoms with Gasteiger partial charge in [0.2, 0.25) is 11.8 Å². The maximum absolute atomic E-state index is 12.3. The van der Waals surface area contributed by atoms with E-state index in [4.69, 9.17) is 0 Å². The Kier molecular flexibility index (Phi) is 4.98. The third-order valence-corrected chi connectivity index (χ3v) is 5.17. The number of carbonyl (C=O) groups excluding carboxylic acids is 3. The van der Waals surface area contributed by atoms with Crippen LogP contribution in [-0.4, -0.2) is 60.0 Å². The number of rotatable bonds is 6. The molecule has 1 aromatic heterocycles. The predicted molar refractivity (Wildman–Crippen MR) is 89.8 cm³/mol. The Balaban J connectivity index is 1.58. The van der Waals surface area contributed by atoms with Crippen LogP contribution in [-0.2, 0) is 9.59 Å². The van der Waals surface area contributed by atoms with Gasteiger partial charge in [-0.25, -0.2) is 9.78 Å². The van der Waals surface area contributed by atoms with Crippen LogP contribution in [0.1, 0.15) is 19.8 Å². The third kappa shape index (κ3) is 3.66. The summed E-state index contributed by atoms with van der Waals surface area (Å²) >= 11 is 1.59. The van der Waals surface area contributed by atoms with E-state index in [1.165, 1.54) is 4.90 Å². The number of thiazole rings is 1. The summed E-state index contributed by atoms with van der Waals surface area (Å²) in [6.45, 7) is 3.57. The highest BCUT2D eigenvalue weighted by atomic mass is 32.1. The van der Waals surface area contributed by atoms with Crippen molar-refractivity contribution in [3.05, 3.63) is 11.6 Å². The van der Waals surface area contributed by atoms with Crippen molar-refractivity contribution in [2.45, 2.75) is 25.8 Å². The number of nitrogens with zero attached hydrogens (tertiary/aromatic N) is 3. The van der Waals surface area contributed by atoms with Crippen molar-refractivity contribution in [1.29, 1.82) is 0 Å². The maximum Gasteiger partial charge on any atom is 0.325 e. The molecule has 130 valence electrons. The van der Waals surface area contributed by atoms with Crippen molar-refractivity contribution in [3.63, 3.8) is 0 Å². The van der Waals surface area contributed by atoms with Crippen LogP contribution in [0, 0.1) is 5.92 Å². The largest absolute Gasteiger partial charge is 0.350 e. The molecule has 0 spiro atoms. The second-order valence-electron chi connectivity index (χ2n) is 6.15. The summed E-state index contributed by atoms with van der Waals surface area (Å²) in [5.41, 5.74) is 0. The summed E-state index contributed by atoms with van der Waals surface area (Å²) in [5, 5.41) is 8.12. The maximum atomic E-state index is 12.3. The number of nitrogens with one attached hydrogen (secondary N) is 2. The Hall–Kier alpha value is -2.16. The van der Waals surface area contributed by atoms with Crippen molar-refractivity contribution < 1.29 is 14.4 Å². The molecule has 8 nitrogen and oxygen atoms in total. The molecule has 2 saturated heterocycles. The van der Waals surface area contributed by atoms with E-state index in [1.807, 2.05) is 5.38 Å². The van der Waals surface area contributed by atoms with Crippen LogP contribution in [0.3, 0.4) is 0 Å². The highest BCUT2D eigenvalue weighted by Gasteiger charge is 2.35. The van der Waals surface area contributed by atoms with Gasteiger partial charge in [0.25, 0.3) is 0 Å². The van der Waals surface area contributed by atoms with Crippen LogP contribution in [0.4, 0.5) is 9.93 Å². The molecule has 0 bridgehead atoms. The smallest absolute Gasteiger partial charge is 0.325 e. The standard InChI is InChI=1S/C15H21N5O3S/c1-2-3-10-6-20(15-16-4-5-24-15)7-11(10)17-12(21)8-19-9-13(22)18-14(19)23/h4-5,10-11H,2-3,6-9H2,1H3,(H,17,21)(H,18,22,23)/t10-,11-/m1/s1. The molecule has 0 aromatic carbocycles. The molecule has 2 N–H and O–H groups in total. The van der Waals surface area contributed by atoms with E-state index in [1.54, 1.807) is 17.5 Å². The monoisotopic (exact) mass is 351 g/mol. The molecule has 2 atom stereocenters. The van der Waals surface area contributed by atoms with E-state index in [-0.39, 0.29) is 30.9 Å². The Bertz CT molecular complexity index is 621. The number of urea groups is 1. The molecule has 0 radical (unpaired) electrons. The lowest BCUT2D eigenvalue weighted by Crippen LogP contribution is -2.46. The summed E-state index contributed by atoms with van der Waals surface area (Å²) in [4.78, 5) is 42.7. The number of carbonyl (C=O) groups is 3. The molecule has 2 aliphatic rings. The Morgan fingerprint density at radius 3 is 2.92 bits per heavy atom. The molecule has 2 aliphatic heterocycles. The van der Waals surface area contributed by atoms with Gasteiger partial charge in [-0.05, 0) is 12.3 Å². The van der Waals surface area contributed by atoms with Gasteiger partial charge in [-0.15, -0.1) is 11.3 Å². The molecule has 1 aromatic rings. The van der Waals surface area contributed by atoms with Gasteiger partial charge in [0.15, 0.2) is 5.13 Å². The normalized spacial score (nSPS) is 23.7. The summed E-state index contributed by atoms with van der Waals surface area (Å²) in [5.74, 6) is -0.240. The number of aromatic nitrogens is 1. The minimum absolute atomic E-state index is 0.0303. The van der Waals surface area contributed by atoms with E-state index in [2.05, 4.69) is 27.4 Å². The summed E-state index contributed by atoms with van der Waals surface area (Å²) < 4.78 is 0. The van der Waals surface area contributed by atoms with Gasteiger partial charge >= 0.3 is 6.03 Å². The molecule has 0 saturated carbocycles. The summed E-state index contributed by atoms with van der Waals surface area (Å²) in [7, 11) is 0. The zero-order chi connectivity index (χ0) is 17.1. The van der Waals surface area contributed by atoms with Crippen LogP contribution < -0.4 is 15.5 Å². The number of hydrogen-bond donors (Lipinski definition) is 2. The van der Waals surface area contributed by atoms with Gasteiger partial charge in [-0.3, -0.25) is 14.9 Å². The van der Waals surface area contributed by atoms with Crippen LogP contribution in [0.15, 0.2) is 11.6 Å². The van der Waals surface area contributed by atoms with Crippen LogP contribution in [0.5, 0.6) is 0 Å². The second-order valence-corrected chi connectivity index (χ2v) is 7.02. The van der Waals surface area contributed by atoms with Gasteiger partial charge in [0.05, 0.1) is 6.04 Å². The number of hydrogen-bond acceptors (Lipinski definition) is 6. The molecule has 0 unspecified atom stereocenters. The van der Waals surface area contributed by atoms with Gasteiger partial charge in [0, 0.05) is 24.7 Å². The first kappa shape index (κ1) is 16.7. The molecule has 0 aliphatic carbocycles. The molecular weight excluding hydrogens is 330 g/mol. The number of amides is 4. The summed E-state index contributed by atoms with van der Waals surface area (Å²) in [6.07, 6.45) is 3.85. The van der Waals surface area contributed by atoms with E-state index in [9.17, 15) is 14.4 Å². The fraction of sp³-hybridized carbons (Fsp3) is 0.600. The minimum Gasteiger partial charge on any atom is -0.350 e. The zero-order valence-electron chi connectivity index (χ0n) is 13.5. The fourth-order valence-corrected chi connectivity index (χ4v) is 3.93. The SMILES string of the molecule is CCC[C@@H]1CN(c2nccs2)C[C@H]1NC(=O)CN1CC(=O)NC1=O. The van der Waals surface area contributed by atoms with Crippen molar-refractivity contribution >= 4 is 34.3 Å². The van der Waals surface area contributed by atoms with Crippen molar-refractivity contribution in [1.82, 2.24) is 20.5 Å². The Morgan fingerprint density at radius 2 is 2.29 bits per heavy atom. The lowest BCUT2D eigenvalue weighted by atomic mass is 9.98. The van der Waals surface area contributed by atoms with E-state index in [0.29, 0.717) is 5.92 Å². The van der Waals surface area contributed by atoms with Crippen LogP contribution in [0.25, 0.3) is 0 Å². The van der Waals surface area contributed by atoms with Gasteiger partial charge in [-0.1, -0.05) is 13.3 Å². The van der Waals surface area contributed by atoms with Gasteiger partial charge in [-0.2, -0.15) is 0 Å². The second kappa shape index (κ2) is 7.16. The van der Waals surface area contributed by atoms with Crippen molar-refractivity contribution in [2.75, 3.05) is 31.1 Å². The molecule has 3 heterocycles. The van der Waals surface area contributed by atoms with Gasteiger partial charge < -0.3 is 15.1 Å². The topological polar surface area (TPSA) is 94.6 Å². The Morgan fingerprint density at radius 1 is 1.46 bits per heavy atom. The highest BCUT2D eigenvalue weighted by molar-refractivity contribution is 7.13. The van der Waals surface area contributed by atoms with E-state index in [0.717, 1.165) is 31.1 Å². The minimum atomic E-state index is -0.504. The number of imide groups is 1. The fourth-order valence-electron chi connectivity index (χ4n) is 3.26. The molecule has 4 amide bonds. The van der Waals surface area contributed by atoms with Crippen LogP contribution >= 0.6 is 11.3 Å². The first-order chi connectivity index (χ1) is 11.6. The first-order valence-electron chi connectivity index (χ1n) is 8.09. The molecule has 9 heteroatoms. The number of anilines is 1. The first-order valence-corrected chi connectivity index (χ1v) is 8.97. The van der Waals surface area contributed by atoms with Crippen molar-refractivity contribution in [3.8, 4) is 0 Å². The molecule has 2 fully saturated rings. The lowest BCUT2D eigenvalue weighted by molar-refractivity contribution is -0.122. The molecule has 3 rings (SSSR count).